The van der Waals surface area contributed by atoms with Gasteiger partial charge in [0.2, 0.25) is 18.6 Å². The molecule has 1 heterocycles. The van der Waals surface area contributed by atoms with Gasteiger partial charge in [0, 0.05) is 6.07 Å². The summed E-state index contributed by atoms with van der Waals surface area (Å²) in [6.45, 7) is -0.0644. The molecule has 1 aromatic rings. The summed E-state index contributed by atoms with van der Waals surface area (Å²) in [5, 5.41) is 13.3. The molecule has 0 saturated heterocycles. The molecule has 1 unspecified atom stereocenters. The van der Waals surface area contributed by atoms with Crippen LogP contribution in [-0.4, -0.2) is 29.6 Å². The van der Waals surface area contributed by atoms with E-state index in [4.69, 9.17) is 20.9 Å². The number of fused-ring (bicyclic) bond motifs is 1. The maximum absolute atomic E-state index is 11.8. The molecule has 0 bridgehead atoms. The molecular formula is C11H12N4O6. The molecule has 0 aromatic heterocycles. The Morgan fingerprint density at radius 1 is 1.38 bits per heavy atom. The molecule has 0 spiro atoms. The van der Waals surface area contributed by atoms with E-state index < -0.39 is 22.8 Å². The van der Waals surface area contributed by atoms with Crippen molar-refractivity contribution in [3.63, 3.8) is 0 Å². The van der Waals surface area contributed by atoms with Gasteiger partial charge in [0.05, 0.1) is 23.5 Å². The van der Waals surface area contributed by atoms with E-state index in [2.05, 4.69) is 5.32 Å². The number of nitrogens with zero attached hydrogens (tertiary/aromatic N) is 1. The summed E-state index contributed by atoms with van der Waals surface area (Å²) in [7, 11) is 0. The van der Waals surface area contributed by atoms with E-state index in [0.29, 0.717) is 0 Å². The maximum atomic E-state index is 11.8. The predicted molar refractivity (Wildman–Crippen MR) is 69.6 cm³/mol. The first-order chi connectivity index (χ1) is 9.88. The Labute approximate surface area is 118 Å². The third-order valence-corrected chi connectivity index (χ3v) is 2.70. The first kappa shape index (κ1) is 14.5. The Balaban J connectivity index is 2.24. The van der Waals surface area contributed by atoms with Crippen LogP contribution in [0.5, 0.6) is 11.5 Å². The topological polar surface area (TPSA) is 160 Å². The summed E-state index contributed by atoms with van der Waals surface area (Å²) < 4.78 is 10.1. The van der Waals surface area contributed by atoms with Gasteiger partial charge >= 0.3 is 0 Å². The van der Waals surface area contributed by atoms with Gasteiger partial charge in [-0.3, -0.25) is 19.7 Å². The van der Waals surface area contributed by atoms with E-state index in [1.165, 1.54) is 6.07 Å². The van der Waals surface area contributed by atoms with Gasteiger partial charge in [-0.25, -0.2) is 0 Å². The van der Waals surface area contributed by atoms with Gasteiger partial charge in [-0.15, -0.1) is 0 Å². The van der Waals surface area contributed by atoms with Crippen molar-refractivity contribution in [2.75, 3.05) is 12.1 Å². The predicted octanol–water partition coefficient (Wildman–Crippen LogP) is -0.535. The number of anilines is 1. The number of carbonyl (C=O) groups is 2. The summed E-state index contributed by atoms with van der Waals surface area (Å²) in [6, 6.07) is 1.19. The Hall–Kier alpha value is -2.88. The lowest BCUT2D eigenvalue weighted by Gasteiger charge is -2.11. The van der Waals surface area contributed by atoms with Crippen LogP contribution in [0.2, 0.25) is 0 Å². The molecule has 5 N–H and O–H groups in total. The second-order valence-corrected chi connectivity index (χ2v) is 4.25. The van der Waals surface area contributed by atoms with Crippen molar-refractivity contribution in [2.24, 2.45) is 11.5 Å². The average Bonchev–Trinajstić information content (AvgIpc) is 2.83. The molecule has 2 rings (SSSR count). The fraction of sp³-hybridized carbons (Fsp3) is 0.273. The molecule has 0 aliphatic carbocycles. The normalized spacial score (nSPS) is 13.6. The zero-order valence-electron chi connectivity index (χ0n) is 10.7. The van der Waals surface area contributed by atoms with Crippen LogP contribution in [0, 0.1) is 10.1 Å². The summed E-state index contributed by atoms with van der Waals surface area (Å²) in [6.07, 6.45) is -0.371. The fourth-order valence-corrected chi connectivity index (χ4v) is 1.72. The van der Waals surface area contributed by atoms with Gasteiger partial charge in [-0.2, -0.15) is 0 Å². The van der Waals surface area contributed by atoms with Gasteiger partial charge in [-0.1, -0.05) is 0 Å². The maximum Gasteiger partial charge on any atom is 0.296 e. The highest BCUT2D eigenvalue weighted by molar-refractivity contribution is 5.99. The summed E-state index contributed by atoms with van der Waals surface area (Å²) in [5.41, 5.74) is 9.92. The number of carbonyl (C=O) groups excluding carboxylic acids is 2. The smallest absolute Gasteiger partial charge is 0.296 e. The number of ether oxygens (including phenoxy) is 2. The second-order valence-electron chi connectivity index (χ2n) is 4.25. The molecule has 0 radical (unpaired) electrons. The van der Waals surface area contributed by atoms with Gasteiger partial charge in [0.15, 0.2) is 11.5 Å². The third-order valence-electron chi connectivity index (χ3n) is 2.70. The Morgan fingerprint density at radius 3 is 2.57 bits per heavy atom. The van der Waals surface area contributed by atoms with Crippen LogP contribution in [0.1, 0.15) is 6.42 Å². The van der Waals surface area contributed by atoms with Crippen molar-refractivity contribution < 1.29 is 24.0 Å². The van der Waals surface area contributed by atoms with E-state index in [9.17, 15) is 19.7 Å². The summed E-state index contributed by atoms with van der Waals surface area (Å²) in [4.78, 5) is 32.8. The molecule has 0 saturated carbocycles. The lowest BCUT2D eigenvalue weighted by molar-refractivity contribution is -0.384. The minimum Gasteiger partial charge on any atom is -0.454 e. The quantitative estimate of drug-likeness (QED) is 0.486. The van der Waals surface area contributed by atoms with Crippen molar-refractivity contribution in [1.29, 1.82) is 0 Å². The van der Waals surface area contributed by atoms with Gasteiger partial charge < -0.3 is 26.3 Å². The number of nitrogens with one attached hydrogen (secondary N) is 1. The van der Waals surface area contributed by atoms with Gasteiger partial charge in [0.25, 0.3) is 5.69 Å². The van der Waals surface area contributed by atoms with Crippen LogP contribution in [0.4, 0.5) is 11.4 Å². The van der Waals surface area contributed by atoms with Gasteiger partial charge in [0.1, 0.15) is 5.69 Å². The zero-order valence-corrected chi connectivity index (χ0v) is 10.7. The van der Waals surface area contributed by atoms with Crippen LogP contribution < -0.4 is 26.3 Å². The highest BCUT2D eigenvalue weighted by Crippen LogP contribution is 2.40. The molecule has 1 aliphatic heterocycles. The SMILES string of the molecule is NC(=O)CC(N)C(=O)Nc1cc2c(cc1[N+](=O)[O-])OCO2. The number of hydrogen-bond donors (Lipinski definition) is 3. The van der Waals surface area contributed by atoms with Crippen LogP contribution in [0.3, 0.4) is 0 Å². The number of primary amides is 1. The standard InChI is InChI=1S/C11H12N4O6/c12-5(1-10(13)16)11(17)14-6-2-8-9(21-4-20-8)3-7(6)15(18)19/h2-3,5H,1,4,12H2,(H2,13,16)(H,14,17). The van der Waals surface area contributed by atoms with Crippen molar-refractivity contribution in [1.82, 2.24) is 0 Å². The Bertz CT molecular complexity index is 617. The Morgan fingerprint density at radius 2 is 2.00 bits per heavy atom. The van der Waals surface area contributed by atoms with E-state index in [-0.39, 0.29) is 36.1 Å². The van der Waals surface area contributed by atoms with Crippen LogP contribution in [0.15, 0.2) is 12.1 Å². The minimum atomic E-state index is -1.20. The first-order valence-corrected chi connectivity index (χ1v) is 5.81. The number of nitrogens with two attached hydrogens (primary N) is 2. The number of rotatable bonds is 5. The second kappa shape index (κ2) is 5.63. The van der Waals surface area contributed by atoms with Crippen molar-refractivity contribution in [3.05, 3.63) is 22.2 Å². The fourth-order valence-electron chi connectivity index (χ4n) is 1.72. The lowest BCUT2D eigenvalue weighted by atomic mass is 10.2. The highest BCUT2D eigenvalue weighted by atomic mass is 16.7. The molecule has 0 fully saturated rings. The van der Waals surface area contributed by atoms with Crippen LogP contribution >= 0.6 is 0 Å². The number of benzene rings is 1. The summed E-state index contributed by atoms with van der Waals surface area (Å²) >= 11 is 0. The monoisotopic (exact) mass is 296 g/mol. The molecule has 21 heavy (non-hydrogen) atoms. The molecule has 10 heteroatoms. The minimum absolute atomic E-state index is 0.0644. The molecule has 112 valence electrons. The van der Waals surface area contributed by atoms with Crippen molar-refractivity contribution >= 4 is 23.2 Å². The third kappa shape index (κ3) is 3.17. The van der Waals surface area contributed by atoms with E-state index >= 15 is 0 Å². The number of nitro groups is 1. The molecule has 10 nitrogen and oxygen atoms in total. The van der Waals surface area contributed by atoms with Crippen molar-refractivity contribution in [2.45, 2.75) is 12.5 Å². The van der Waals surface area contributed by atoms with Crippen LogP contribution in [-0.2, 0) is 9.59 Å². The Kier molecular flexibility index (Phi) is 3.89. The lowest BCUT2D eigenvalue weighted by Crippen LogP contribution is -2.39. The molecule has 1 atom stereocenters. The number of nitro benzene ring substituents is 1. The van der Waals surface area contributed by atoms with Crippen LogP contribution in [0.25, 0.3) is 0 Å². The summed E-state index contributed by atoms with van der Waals surface area (Å²) in [5.74, 6) is -1.05. The van der Waals surface area contributed by atoms with E-state index in [1.807, 2.05) is 0 Å². The largest absolute Gasteiger partial charge is 0.454 e. The highest BCUT2D eigenvalue weighted by Gasteiger charge is 2.26. The van der Waals surface area contributed by atoms with E-state index in [1.54, 1.807) is 0 Å². The molecule has 2 amide bonds. The molecule has 1 aromatic carbocycles. The van der Waals surface area contributed by atoms with E-state index in [0.717, 1.165) is 6.07 Å². The number of amides is 2. The molecule has 1 aliphatic rings. The molecular weight excluding hydrogens is 284 g/mol. The van der Waals surface area contributed by atoms with Gasteiger partial charge in [-0.05, 0) is 0 Å². The first-order valence-electron chi connectivity index (χ1n) is 5.81. The average molecular weight is 296 g/mol. The van der Waals surface area contributed by atoms with Crippen molar-refractivity contribution in [3.8, 4) is 11.5 Å². The number of hydrogen-bond acceptors (Lipinski definition) is 7. The zero-order chi connectivity index (χ0) is 15.6.